The van der Waals surface area contributed by atoms with Crippen LogP contribution < -0.4 is 5.73 Å². The van der Waals surface area contributed by atoms with Crippen LogP contribution >= 0.6 is 0 Å². The van der Waals surface area contributed by atoms with Crippen LogP contribution in [0.15, 0.2) is 5.16 Å². The first kappa shape index (κ1) is 8.77. The Kier molecular flexibility index (Phi) is 2.37. The molecule has 3 N–H and O–H groups in total. The molecule has 0 aromatic carbocycles. The number of hydrogen-bond acceptors (Lipinski definition) is 4. The van der Waals surface area contributed by atoms with Gasteiger partial charge < -0.3 is 15.7 Å². The molecular weight excluding hydrogens is 170 g/mol. The minimum absolute atomic E-state index is 0.292. The zero-order chi connectivity index (χ0) is 9.26. The highest BCUT2D eigenvalue weighted by atomic mass is 16.5. The van der Waals surface area contributed by atoms with Crippen LogP contribution in [0.3, 0.4) is 0 Å². The lowest BCUT2D eigenvalue weighted by molar-refractivity contribution is 0.158. The lowest BCUT2D eigenvalue weighted by Crippen LogP contribution is -2.33. The number of oxime groups is 1. The average Bonchev–Trinajstić information content (AvgIpc) is 2.63. The van der Waals surface area contributed by atoms with Crippen molar-refractivity contribution < 1.29 is 9.94 Å². The van der Waals surface area contributed by atoms with Gasteiger partial charge in [-0.15, -0.1) is 0 Å². The Balaban J connectivity index is 1.85. The van der Waals surface area contributed by atoms with E-state index in [0.717, 1.165) is 26.3 Å². The van der Waals surface area contributed by atoms with Crippen LogP contribution in [0.1, 0.15) is 0 Å². The molecule has 2 fully saturated rings. The van der Waals surface area contributed by atoms with E-state index in [-0.39, 0.29) is 0 Å². The summed E-state index contributed by atoms with van der Waals surface area (Å²) >= 11 is 0. The molecule has 0 aliphatic carbocycles. The fourth-order valence-corrected chi connectivity index (χ4v) is 2.17. The van der Waals surface area contributed by atoms with Gasteiger partial charge in [-0.3, -0.25) is 4.90 Å². The molecule has 2 saturated heterocycles. The van der Waals surface area contributed by atoms with Gasteiger partial charge in [0.25, 0.3) is 0 Å². The van der Waals surface area contributed by atoms with Crippen LogP contribution in [0.25, 0.3) is 0 Å². The first-order chi connectivity index (χ1) is 6.29. The molecule has 0 aromatic rings. The van der Waals surface area contributed by atoms with Crippen molar-refractivity contribution in [2.24, 2.45) is 22.7 Å². The third-order valence-electron chi connectivity index (χ3n) is 2.83. The summed E-state index contributed by atoms with van der Waals surface area (Å²) in [4.78, 5) is 2.22. The molecule has 74 valence electrons. The topological polar surface area (TPSA) is 71.1 Å². The van der Waals surface area contributed by atoms with Gasteiger partial charge in [-0.1, -0.05) is 5.16 Å². The number of nitrogens with zero attached hydrogens (tertiary/aromatic N) is 2. The van der Waals surface area contributed by atoms with E-state index in [1.54, 1.807) is 0 Å². The quantitative estimate of drug-likeness (QED) is 0.258. The molecule has 2 atom stereocenters. The average molecular weight is 185 g/mol. The predicted molar refractivity (Wildman–Crippen MR) is 47.6 cm³/mol. The van der Waals surface area contributed by atoms with Gasteiger partial charge in [0, 0.05) is 24.9 Å². The summed E-state index contributed by atoms with van der Waals surface area (Å²) in [6.07, 6.45) is 0. The van der Waals surface area contributed by atoms with Crippen LogP contribution in [0.5, 0.6) is 0 Å². The van der Waals surface area contributed by atoms with Gasteiger partial charge in [0.15, 0.2) is 5.84 Å². The fraction of sp³-hybridized carbons (Fsp3) is 0.875. The third kappa shape index (κ3) is 1.76. The van der Waals surface area contributed by atoms with Crippen molar-refractivity contribution in [3.63, 3.8) is 0 Å². The Bertz CT molecular complexity index is 207. The first-order valence-electron chi connectivity index (χ1n) is 4.56. The molecule has 5 nitrogen and oxygen atoms in total. The van der Waals surface area contributed by atoms with Gasteiger partial charge >= 0.3 is 0 Å². The Morgan fingerprint density at radius 3 is 2.62 bits per heavy atom. The second-order valence-electron chi connectivity index (χ2n) is 3.84. The highest BCUT2D eigenvalue weighted by Crippen LogP contribution is 2.28. The van der Waals surface area contributed by atoms with E-state index < -0.39 is 0 Å². The van der Waals surface area contributed by atoms with Crippen LogP contribution in [0.2, 0.25) is 0 Å². The Labute approximate surface area is 77.1 Å². The summed E-state index contributed by atoms with van der Waals surface area (Å²) in [6, 6.07) is 0. The summed E-state index contributed by atoms with van der Waals surface area (Å²) in [7, 11) is 0. The second kappa shape index (κ2) is 3.51. The number of likely N-dealkylation sites (tertiary alicyclic amines) is 1. The maximum absolute atomic E-state index is 8.41. The van der Waals surface area contributed by atoms with Gasteiger partial charge in [0.05, 0.1) is 19.8 Å². The molecule has 2 heterocycles. The van der Waals surface area contributed by atoms with E-state index in [4.69, 9.17) is 15.7 Å². The zero-order valence-electron chi connectivity index (χ0n) is 7.52. The standard InChI is InChI=1S/C8H15N3O2/c9-8(10-12)3-11-1-6-4-13-5-7(6)2-11/h6-7,12H,1-5H2,(H2,9,10). The summed E-state index contributed by atoms with van der Waals surface area (Å²) in [5.41, 5.74) is 5.43. The zero-order valence-corrected chi connectivity index (χ0v) is 7.52. The summed E-state index contributed by atoms with van der Waals surface area (Å²) < 4.78 is 5.35. The van der Waals surface area contributed by atoms with Gasteiger partial charge in [-0.2, -0.15) is 0 Å². The maximum atomic E-state index is 8.41. The number of fused-ring (bicyclic) bond motifs is 1. The van der Waals surface area contributed by atoms with E-state index >= 15 is 0 Å². The smallest absolute Gasteiger partial charge is 0.153 e. The van der Waals surface area contributed by atoms with Crippen molar-refractivity contribution in [3.8, 4) is 0 Å². The van der Waals surface area contributed by atoms with Crippen molar-refractivity contribution in [1.82, 2.24) is 4.90 Å². The van der Waals surface area contributed by atoms with Crippen LogP contribution in [0, 0.1) is 11.8 Å². The molecule has 5 heteroatoms. The molecule has 0 spiro atoms. The van der Waals surface area contributed by atoms with Gasteiger partial charge in [-0.05, 0) is 0 Å². The number of hydrogen-bond donors (Lipinski definition) is 2. The van der Waals surface area contributed by atoms with Crippen molar-refractivity contribution in [3.05, 3.63) is 0 Å². The van der Waals surface area contributed by atoms with Crippen molar-refractivity contribution >= 4 is 5.84 Å². The molecule has 0 radical (unpaired) electrons. The number of rotatable bonds is 2. The molecule has 0 bridgehead atoms. The Hall–Kier alpha value is -0.810. The minimum Gasteiger partial charge on any atom is -0.409 e. The second-order valence-corrected chi connectivity index (χ2v) is 3.84. The van der Waals surface area contributed by atoms with Crippen molar-refractivity contribution in [1.29, 1.82) is 0 Å². The molecule has 0 amide bonds. The van der Waals surface area contributed by atoms with Crippen molar-refractivity contribution in [2.75, 3.05) is 32.8 Å². The fourth-order valence-electron chi connectivity index (χ4n) is 2.17. The largest absolute Gasteiger partial charge is 0.409 e. The minimum atomic E-state index is 0.292. The van der Waals surface area contributed by atoms with Crippen LogP contribution in [-0.4, -0.2) is 48.8 Å². The highest BCUT2D eigenvalue weighted by Gasteiger charge is 2.36. The molecule has 13 heavy (non-hydrogen) atoms. The first-order valence-corrected chi connectivity index (χ1v) is 4.56. The summed E-state index contributed by atoms with van der Waals surface area (Å²) in [6.45, 7) is 4.35. The molecule has 2 aliphatic rings. The monoisotopic (exact) mass is 185 g/mol. The van der Waals surface area contributed by atoms with Crippen molar-refractivity contribution in [2.45, 2.75) is 0 Å². The maximum Gasteiger partial charge on any atom is 0.153 e. The molecule has 0 aromatic heterocycles. The van der Waals surface area contributed by atoms with E-state index in [9.17, 15) is 0 Å². The van der Waals surface area contributed by atoms with E-state index in [0.29, 0.717) is 24.2 Å². The summed E-state index contributed by atoms with van der Waals surface area (Å²) in [5.74, 6) is 1.61. The lowest BCUT2D eigenvalue weighted by Gasteiger charge is -2.14. The van der Waals surface area contributed by atoms with E-state index in [2.05, 4.69) is 10.1 Å². The summed E-state index contributed by atoms with van der Waals surface area (Å²) in [5, 5.41) is 11.4. The van der Waals surface area contributed by atoms with Gasteiger partial charge in [0.2, 0.25) is 0 Å². The van der Waals surface area contributed by atoms with Crippen LogP contribution in [-0.2, 0) is 4.74 Å². The molecule has 0 saturated carbocycles. The molecule has 2 aliphatic heterocycles. The van der Waals surface area contributed by atoms with E-state index in [1.165, 1.54) is 0 Å². The number of nitrogens with two attached hydrogens (primary N) is 1. The Morgan fingerprint density at radius 2 is 2.08 bits per heavy atom. The van der Waals surface area contributed by atoms with Crippen LogP contribution in [0.4, 0.5) is 0 Å². The van der Waals surface area contributed by atoms with E-state index in [1.807, 2.05) is 0 Å². The number of amidine groups is 1. The molecule has 2 rings (SSSR count). The van der Waals surface area contributed by atoms with Gasteiger partial charge in [-0.25, -0.2) is 0 Å². The molecular formula is C8H15N3O2. The SMILES string of the molecule is N/C(CN1CC2COCC2C1)=N\O. The third-order valence-corrected chi connectivity index (χ3v) is 2.83. The predicted octanol–water partition coefficient (Wildman–Crippen LogP) is -0.689. The normalized spacial score (nSPS) is 35.2. The molecule has 2 unspecified atom stereocenters. The van der Waals surface area contributed by atoms with Gasteiger partial charge in [0.1, 0.15) is 0 Å². The highest BCUT2D eigenvalue weighted by molar-refractivity contribution is 5.81. The number of ether oxygens (including phenoxy) is 1. The lowest BCUT2D eigenvalue weighted by atomic mass is 10.0. The Morgan fingerprint density at radius 1 is 1.46 bits per heavy atom.